The smallest absolute Gasteiger partial charge is 0.409 e. The number of likely N-dealkylation sites (tertiary alicyclic amines) is 1. The molecule has 1 aromatic rings. The van der Waals surface area contributed by atoms with Crippen LogP contribution in [-0.2, 0) is 11.3 Å². The van der Waals surface area contributed by atoms with Crippen LogP contribution in [0, 0.1) is 5.92 Å². The molecule has 0 saturated carbocycles. The maximum absolute atomic E-state index is 11.9. The summed E-state index contributed by atoms with van der Waals surface area (Å²) in [6, 6.07) is 5.77. The highest BCUT2D eigenvalue weighted by atomic mass is 35.5. The van der Waals surface area contributed by atoms with E-state index >= 15 is 0 Å². The third-order valence-corrected chi connectivity index (χ3v) is 3.94. The summed E-state index contributed by atoms with van der Waals surface area (Å²) in [7, 11) is 0. The van der Waals surface area contributed by atoms with E-state index in [2.05, 4.69) is 5.32 Å². The molecule has 22 heavy (non-hydrogen) atoms. The Morgan fingerprint density at radius 1 is 1.36 bits per heavy atom. The van der Waals surface area contributed by atoms with Crippen molar-refractivity contribution in [3.8, 4) is 0 Å². The molecule has 4 nitrogen and oxygen atoms in total. The van der Waals surface area contributed by atoms with E-state index in [-0.39, 0.29) is 12.1 Å². The van der Waals surface area contributed by atoms with Gasteiger partial charge in [0.2, 0.25) is 0 Å². The second-order valence-corrected chi connectivity index (χ2v) is 6.93. The SMILES string of the molecule is CC(C)COC(=O)N1CC[C@H](NCc2cc(Cl)cc(Cl)c2)C1. The molecule has 0 spiro atoms. The molecule has 0 bridgehead atoms. The Morgan fingerprint density at radius 3 is 2.68 bits per heavy atom. The van der Waals surface area contributed by atoms with Gasteiger partial charge in [-0.3, -0.25) is 0 Å². The molecule has 1 aliphatic rings. The van der Waals surface area contributed by atoms with Crippen molar-refractivity contribution in [1.82, 2.24) is 10.2 Å². The molecule has 0 radical (unpaired) electrons. The van der Waals surface area contributed by atoms with Gasteiger partial charge in [0.25, 0.3) is 0 Å². The molecule has 0 aromatic heterocycles. The van der Waals surface area contributed by atoms with E-state index < -0.39 is 0 Å². The van der Waals surface area contributed by atoms with Crippen molar-refractivity contribution in [2.45, 2.75) is 32.9 Å². The van der Waals surface area contributed by atoms with Gasteiger partial charge in [0.05, 0.1) is 6.61 Å². The number of ether oxygens (including phenoxy) is 1. The van der Waals surface area contributed by atoms with Gasteiger partial charge in [-0.1, -0.05) is 37.0 Å². The van der Waals surface area contributed by atoms with Crippen LogP contribution >= 0.6 is 23.2 Å². The molecule has 1 saturated heterocycles. The second kappa shape index (κ2) is 8.04. The van der Waals surface area contributed by atoms with Crippen molar-refractivity contribution in [3.63, 3.8) is 0 Å². The van der Waals surface area contributed by atoms with Crippen molar-refractivity contribution in [3.05, 3.63) is 33.8 Å². The average Bonchev–Trinajstić information content (AvgIpc) is 2.90. The van der Waals surface area contributed by atoms with Gasteiger partial charge in [-0.05, 0) is 36.1 Å². The number of nitrogens with one attached hydrogen (secondary N) is 1. The maximum Gasteiger partial charge on any atom is 0.409 e. The topological polar surface area (TPSA) is 41.6 Å². The average molecular weight is 345 g/mol. The summed E-state index contributed by atoms with van der Waals surface area (Å²) in [5.41, 5.74) is 1.04. The number of carbonyl (C=O) groups excluding carboxylic acids is 1. The molecule has 1 heterocycles. The van der Waals surface area contributed by atoms with Crippen LogP contribution in [-0.4, -0.2) is 36.7 Å². The molecule has 1 aromatic carbocycles. The van der Waals surface area contributed by atoms with Crippen molar-refractivity contribution < 1.29 is 9.53 Å². The van der Waals surface area contributed by atoms with E-state index in [1.165, 1.54) is 0 Å². The maximum atomic E-state index is 11.9. The Kier molecular flexibility index (Phi) is 6.36. The normalized spacial score (nSPS) is 18.0. The number of hydrogen-bond donors (Lipinski definition) is 1. The molecule has 1 amide bonds. The Labute approximate surface area is 141 Å². The Morgan fingerprint density at radius 2 is 2.05 bits per heavy atom. The van der Waals surface area contributed by atoms with Gasteiger partial charge < -0.3 is 15.0 Å². The highest BCUT2D eigenvalue weighted by Crippen LogP contribution is 2.19. The van der Waals surface area contributed by atoms with Gasteiger partial charge in [-0.2, -0.15) is 0 Å². The van der Waals surface area contributed by atoms with Crippen LogP contribution in [0.4, 0.5) is 4.79 Å². The van der Waals surface area contributed by atoms with Crippen LogP contribution in [0.15, 0.2) is 18.2 Å². The largest absolute Gasteiger partial charge is 0.449 e. The van der Waals surface area contributed by atoms with Crippen LogP contribution in [0.25, 0.3) is 0 Å². The van der Waals surface area contributed by atoms with E-state index in [1.807, 2.05) is 26.0 Å². The van der Waals surface area contributed by atoms with E-state index in [0.29, 0.717) is 35.7 Å². The van der Waals surface area contributed by atoms with Gasteiger partial charge >= 0.3 is 6.09 Å². The Bertz CT molecular complexity index is 503. The third kappa shape index (κ3) is 5.34. The fourth-order valence-corrected chi connectivity index (χ4v) is 2.97. The van der Waals surface area contributed by atoms with Crippen LogP contribution in [0.3, 0.4) is 0 Å². The fraction of sp³-hybridized carbons (Fsp3) is 0.562. The van der Waals surface area contributed by atoms with E-state index in [0.717, 1.165) is 18.5 Å². The van der Waals surface area contributed by atoms with Crippen LogP contribution < -0.4 is 5.32 Å². The highest BCUT2D eigenvalue weighted by molar-refractivity contribution is 6.34. The number of carbonyl (C=O) groups is 1. The molecule has 1 aliphatic heterocycles. The summed E-state index contributed by atoms with van der Waals surface area (Å²) in [5, 5.41) is 4.70. The summed E-state index contributed by atoms with van der Waals surface area (Å²) in [6.45, 7) is 6.60. The summed E-state index contributed by atoms with van der Waals surface area (Å²) in [6.07, 6.45) is 0.703. The zero-order valence-electron chi connectivity index (χ0n) is 12.9. The fourth-order valence-electron chi connectivity index (χ4n) is 2.40. The first kappa shape index (κ1) is 17.4. The lowest BCUT2D eigenvalue weighted by atomic mass is 10.2. The van der Waals surface area contributed by atoms with Gasteiger partial charge in [-0.25, -0.2) is 4.79 Å². The van der Waals surface area contributed by atoms with E-state index in [9.17, 15) is 4.79 Å². The van der Waals surface area contributed by atoms with Crippen molar-refractivity contribution in [2.75, 3.05) is 19.7 Å². The predicted octanol–water partition coefficient (Wildman–Crippen LogP) is 3.95. The monoisotopic (exact) mass is 344 g/mol. The lowest BCUT2D eigenvalue weighted by Crippen LogP contribution is -2.35. The molecular weight excluding hydrogens is 323 g/mol. The third-order valence-electron chi connectivity index (χ3n) is 3.50. The number of benzene rings is 1. The minimum Gasteiger partial charge on any atom is -0.449 e. The van der Waals surface area contributed by atoms with E-state index in [1.54, 1.807) is 11.0 Å². The number of halogens is 2. The van der Waals surface area contributed by atoms with Gasteiger partial charge in [0.15, 0.2) is 0 Å². The lowest BCUT2D eigenvalue weighted by molar-refractivity contribution is 0.0988. The summed E-state index contributed by atoms with van der Waals surface area (Å²) >= 11 is 12.0. The first-order chi connectivity index (χ1) is 10.4. The molecular formula is C16H22Cl2N2O2. The lowest BCUT2D eigenvalue weighted by Gasteiger charge is -2.18. The number of nitrogens with zero attached hydrogens (tertiary/aromatic N) is 1. The number of rotatable bonds is 5. The molecule has 2 rings (SSSR count). The quantitative estimate of drug-likeness (QED) is 0.879. The first-order valence-electron chi connectivity index (χ1n) is 7.54. The van der Waals surface area contributed by atoms with Gasteiger partial charge in [0.1, 0.15) is 0 Å². The van der Waals surface area contributed by atoms with Crippen LogP contribution in [0.1, 0.15) is 25.8 Å². The van der Waals surface area contributed by atoms with Crippen molar-refractivity contribution in [2.24, 2.45) is 5.92 Å². The van der Waals surface area contributed by atoms with Gasteiger partial charge in [0, 0.05) is 35.7 Å². The summed E-state index contributed by atoms with van der Waals surface area (Å²) in [5.74, 6) is 0.355. The van der Waals surface area contributed by atoms with Crippen LogP contribution in [0.2, 0.25) is 10.0 Å². The predicted molar refractivity (Wildman–Crippen MR) is 89.5 cm³/mol. The molecule has 0 aliphatic carbocycles. The zero-order chi connectivity index (χ0) is 16.1. The Balaban J connectivity index is 1.77. The summed E-state index contributed by atoms with van der Waals surface area (Å²) in [4.78, 5) is 13.7. The standard InChI is InChI=1S/C16H22Cl2N2O2/c1-11(2)10-22-16(21)20-4-3-15(9-20)19-8-12-5-13(17)7-14(18)6-12/h5-7,11,15,19H,3-4,8-10H2,1-2H3/t15-/m0/s1. The first-order valence-corrected chi connectivity index (χ1v) is 8.29. The Hall–Kier alpha value is -0.970. The second-order valence-electron chi connectivity index (χ2n) is 6.06. The highest BCUT2D eigenvalue weighted by Gasteiger charge is 2.26. The summed E-state index contributed by atoms with van der Waals surface area (Å²) < 4.78 is 5.25. The molecule has 6 heteroatoms. The molecule has 1 fully saturated rings. The molecule has 0 unspecified atom stereocenters. The number of amides is 1. The van der Waals surface area contributed by atoms with Crippen LogP contribution in [0.5, 0.6) is 0 Å². The van der Waals surface area contributed by atoms with Crippen molar-refractivity contribution >= 4 is 29.3 Å². The number of hydrogen-bond acceptors (Lipinski definition) is 3. The minimum atomic E-state index is -0.219. The molecule has 122 valence electrons. The molecule has 1 N–H and O–H groups in total. The minimum absolute atomic E-state index is 0.219. The van der Waals surface area contributed by atoms with Gasteiger partial charge in [-0.15, -0.1) is 0 Å². The van der Waals surface area contributed by atoms with Crippen molar-refractivity contribution in [1.29, 1.82) is 0 Å². The zero-order valence-corrected chi connectivity index (χ0v) is 14.5. The van der Waals surface area contributed by atoms with E-state index in [4.69, 9.17) is 27.9 Å². The molecule has 1 atom stereocenters.